The van der Waals surface area contributed by atoms with E-state index in [-0.39, 0.29) is 5.91 Å². The van der Waals surface area contributed by atoms with Gasteiger partial charge in [-0.05, 0) is 50.8 Å². The maximum atomic E-state index is 12.8. The highest BCUT2D eigenvalue weighted by atomic mass is 16.3. The second-order valence-corrected chi connectivity index (χ2v) is 7.77. The van der Waals surface area contributed by atoms with Crippen molar-refractivity contribution in [2.45, 2.75) is 64.6 Å². The number of amides is 1. The molecule has 1 unspecified atom stereocenters. The van der Waals surface area contributed by atoms with E-state index < -0.39 is 5.60 Å². The third kappa shape index (κ3) is 4.37. The van der Waals surface area contributed by atoms with Crippen LogP contribution in [0.5, 0.6) is 0 Å². The first kappa shape index (κ1) is 18.9. The van der Waals surface area contributed by atoms with Crippen LogP contribution in [0.25, 0.3) is 0 Å². The van der Waals surface area contributed by atoms with E-state index >= 15 is 0 Å². The van der Waals surface area contributed by atoms with E-state index in [1.165, 1.54) is 5.56 Å². The number of piperidine rings is 1. The molecule has 0 aliphatic carbocycles. The topological polar surface area (TPSA) is 43.8 Å². The average molecular weight is 332 g/mol. The average Bonchev–Trinajstić information content (AvgIpc) is 2.52. The number of carbonyl (C=O) groups excluding carboxylic acids is 1. The normalized spacial score (nSPS) is 22.0. The summed E-state index contributed by atoms with van der Waals surface area (Å²) in [6, 6.07) is 8.76. The number of hydrogen-bond donors (Lipinski definition) is 1. The summed E-state index contributed by atoms with van der Waals surface area (Å²) in [5.74, 6) is 0.376. The molecule has 1 aromatic rings. The summed E-state index contributed by atoms with van der Waals surface area (Å²) >= 11 is 0. The van der Waals surface area contributed by atoms with Crippen LogP contribution in [0.4, 0.5) is 0 Å². The molecule has 4 nitrogen and oxygen atoms in total. The van der Waals surface area contributed by atoms with Gasteiger partial charge in [-0.2, -0.15) is 0 Å². The molecule has 24 heavy (non-hydrogen) atoms. The predicted octanol–water partition coefficient (Wildman–Crippen LogP) is 3.00. The van der Waals surface area contributed by atoms with E-state index in [9.17, 15) is 9.90 Å². The Balaban J connectivity index is 2.06. The van der Waals surface area contributed by atoms with Gasteiger partial charge in [-0.3, -0.25) is 4.79 Å². The van der Waals surface area contributed by atoms with Gasteiger partial charge in [0.1, 0.15) is 0 Å². The van der Waals surface area contributed by atoms with Crippen LogP contribution in [0.2, 0.25) is 0 Å². The molecule has 1 aliphatic heterocycles. The Kier molecular flexibility index (Phi) is 6.05. The molecule has 1 heterocycles. The van der Waals surface area contributed by atoms with E-state index in [2.05, 4.69) is 52.0 Å². The molecular weight excluding hydrogens is 300 g/mol. The number of likely N-dealkylation sites (tertiary alicyclic amines) is 1. The summed E-state index contributed by atoms with van der Waals surface area (Å²) in [5.41, 5.74) is 1.17. The molecule has 1 N–H and O–H groups in total. The number of carbonyl (C=O) groups is 1. The van der Waals surface area contributed by atoms with Crippen molar-refractivity contribution < 1.29 is 9.90 Å². The van der Waals surface area contributed by atoms with Gasteiger partial charge < -0.3 is 14.9 Å². The minimum Gasteiger partial charge on any atom is -0.379 e. The second kappa shape index (κ2) is 7.66. The molecule has 1 saturated heterocycles. The number of benzene rings is 1. The maximum Gasteiger partial charge on any atom is 0.256 e. The third-order valence-corrected chi connectivity index (χ3v) is 5.12. The minimum absolute atomic E-state index is 0.130. The zero-order valence-electron chi connectivity index (χ0n) is 15.7. The molecule has 2 rings (SSSR count). The number of hydrogen-bond acceptors (Lipinski definition) is 3. The second-order valence-electron chi connectivity index (χ2n) is 7.77. The lowest BCUT2D eigenvalue weighted by Crippen LogP contribution is -2.58. The Morgan fingerprint density at radius 3 is 2.38 bits per heavy atom. The summed E-state index contributed by atoms with van der Waals surface area (Å²) in [6.45, 7) is 10.2. The Hall–Kier alpha value is -1.39. The molecule has 0 spiro atoms. The third-order valence-electron chi connectivity index (χ3n) is 5.12. The number of nitrogens with zero attached hydrogens (tertiary/aromatic N) is 2. The predicted molar refractivity (Wildman–Crippen MR) is 97.9 cm³/mol. The molecule has 1 amide bonds. The van der Waals surface area contributed by atoms with Crippen LogP contribution in [0.1, 0.15) is 57.6 Å². The zero-order valence-corrected chi connectivity index (χ0v) is 15.7. The lowest BCUT2D eigenvalue weighted by molar-refractivity contribution is -0.160. The van der Waals surface area contributed by atoms with Crippen molar-refractivity contribution in [3.05, 3.63) is 35.4 Å². The minimum atomic E-state index is -1.25. The van der Waals surface area contributed by atoms with Gasteiger partial charge in [0, 0.05) is 25.7 Å². The first-order chi connectivity index (χ1) is 11.2. The Morgan fingerprint density at radius 1 is 1.21 bits per heavy atom. The number of aliphatic hydroxyl groups is 1. The molecule has 4 heteroatoms. The van der Waals surface area contributed by atoms with E-state index in [1.807, 2.05) is 16.8 Å². The SMILES string of the molecule is CC(C)c1ccc(CN2CCCC(O)(CN(C)C(C)C)C2=O)cc1. The van der Waals surface area contributed by atoms with Crippen LogP contribution in [-0.4, -0.2) is 52.6 Å². The molecule has 1 aliphatic rings. The Morgan fingerprint density at radius 2 is 1.83 bits per heavy atom. The summed E-state index contributed by atoms with van der Waals surface area (Å²) < 4.78 is 0. The fourth-order valence-electron chi connectivity index (χ4n) is 3.19. The van der Waals surface area contributed by atoms with Crippen LogP contribution < -0.4 is 0 Å². The molecule has 0 aromatic heterocycles. The molecular formula is C20H32N2O2. The fourth-order valence-corrected chi connectivity index (χ4v) is 3.19. The first-order valence-electron chi connectivity index (χ1n) is 9.04. The molecule has 1 fully saturated rings. The van der Waals surface area contributed by atoms with Gasteiger partial charge in [0.15, 0.2) is 5.60 Å². The number of likely N-dealkylation sites (N-methyl/N-ethyl adjacent to an activating group) is 1. The van der Waals surface area contributed by atoms with Crippen molar-refractivity contribution in [1.82, 2.24) is 9.80 Å². The summed E-state index contributed by atoms with van der Waals surface area (Å²) in [4.78, 5) is 16.7. The molecule has 1 atom stereocenters. The van der Waals surface area contributed by atoms with E-state index in [0.717, 1.165) is 18.5 Å². The molecule has 1 aromatic carbocycles. The smallest absolute Gasteiger partial charge is 0.256 e. The van der Waals surface area contributed by atoms with Gasteiger partial charge in [0.25, 0.3) is 5.91 Å². The van der Waals surface area contributed by atoms with E-state index in [1.54, 1.807) is 0 Å². The lowest BCUT2D eigenvalue weighted by Gasteiger charge is -2.41. The van der Waals surface area contributed by atoms with E-state index in [4.69, 9.17) is 0 Å². The van der Waals surface area contributed by atoms with Crippen molar-refractivity contribution in [2.75, 3.05) is 20.1 Å². The molecule has 0 saturated carbocycles. The van der Waals surface area contributed by atoms with Crippen LogP contribution >= 0.6 is 0 Å². The van der Waals surface area contributed by atoms with Gasteiger partial charge in [0.2, 0.25) is 0 Å². The summed E-state index contributed by atoms with van der Waals surface area (Å²) in [5, 5.41) is 10.9. The maximum absolute atomic E-state index is 12.8. The van der Waals surface area contributed by atoms with Gasteiger partial charge in [-0.25, -0.2) is 0 Å². The summed E-state index contributed by atoms with van der Waals surface area (Å²) in [7, 11) is 1.96. The zero-order chi connectivity index (χ0) is 17.9. The van der Waals surface area contributed by atoms with Crippen LogP contribution in [-0.2, 0) is 11.3 Å². The first-order valence-corrected chi connectivity index (χ1v) is 9.04. The molecule has 134 valence electrons. The summed E-state index contributed by atoms with van der Waals surface area (Å²) in [6.07, 6.45) is 1.39. The van der Waals surface area contributed by atoms with Crippen LogP contribution in [0, 0.1) is 0 Å². The quantitative estimate of drug-likeness (QED) is 0.871. The highest BCUT2D eigenvalue weighted by molar-refractivity contribution is 5.86. The van der Waals surface area contributed by atoms with Gasteiger partial charge >= 0.3 is 0 Å². The van der Waals surface area contributed by atoms with Crippen molar-refractivity contribution >= 4 is 5.91 Å². The Labute approximate surface area is 146 Å². The molecule has 0 radical (unpaired) electrons. The van der Waals surface area contributed by atoms with Gasteiger partial charge in [0.05, 0.1) is 0 Å². The number of rotatable bonds is 6. The molecule has 0 bridgehead atoms. The van der Waals surface area contributed by atoms with Crippen molar-refractivity contribution in [1.29, 1.82) is 0 Å². The standard InChI is InChI=1S/C20H32N2O2/c1-15(2)18-9-7-17(8-10-18)13-22-12-6-11-20(24,19(22)23)14-21(5)16(3)4/h7-10,15-16,24H,6,11-14H2,1-5H3. The van der Waals surface area contributed by atoms with E-state index in [0.29, 0.717) is 31.5 Å². The Bertz CT molecular complexity index is 553. The van der Waals surface area contributed by atoms with Crippen LogP contribution in [0.15, 0.2) is 24.3 Å². The van der Waals surface area contributed by atoms with Crippen LogP contribution in [0.3, 0.4) is 0 Å². The monoisotopic (exact) mass is 332 g/mol. The highest BCUT2D eigenvalue weighted by Gasteiger charge is 2.43. The largest absolute Gasteiger partial charge is 0.379 e. The lowest BCUT2D eigenvalue weighted by atomic mass is 9.90. The van der Waals surface area contributed by atoms with Crippen molar-refractivity contribution in [3.63, 3.8) is 0 Å². The van der Waals surface area contributed by atoms with Crippen molar-refractivity contribution in [2.24, 2.45) is 0 Å². The highest BCUT2D eigenvalue weighted by Crippen LogP contribution is 2.26. The van der Waals surface area contributed by atoms with Gasteiger partial charge in [-0.15, -0.1) is 0 Å². The van der Waals surface area contributed by atoms with Crippen molar-refractivity contribution in [3.8, 4) is 0 Å². The van der Waals surface area contributed by atoms with Gasteiger partial charge in [-0.1, -0.05) is 38.1 Å². The fraction of sp³-hybridized carbons (Fsp3) is 0.650.